The number of hydrogen-bond donors (Lipinski definition) is 2. The quantitative estimate of drug-likeness (QED) is 0.909. The predicted octanol–water partition coefficient (Wildman–Crippen LogP) is 2.46. The number of aryl methyl sites for hydroxylation is 3. The SMILES string of the molecule is Cc1cc(C(C)NC(=O)NCc2ccc(C)n(C)c2=O)c(C)o1. The molecule has 0 radical (unpaired) electrons. The Balaban J connectivity index is 1.97. The second kappa shape index (κ2) is 6.73. The molecule has 2 aromatic rings. The lowest BCUT2D eigenvalue weighted by molar-refractivity contribution is 0.237. The molecule has 0 aliphatic heterocycles. The Labute approximate surface area is 135 Å². The lowest BCUT2D eigenvalue weighted by Gasteiger charge is -2.14. The molecule has 0 bridgehead atoms. The molecule has 0 saturated carbocycles. The first-order valence-electron chi connectivity index (χ1n) is 7.56. The van der Waals surface area contributed by atoms with Gasteiger partial charge in [0.1, 0.15) is 11.5 Å². The zero-order chi connectivity index (χ0) is 17.1. The van der Waals surface area contributed by atoms with Crippen molar-refractivity contribution >= 4 is 6.03 Å². The van der Waals surface area contributed by atoms with Crippen LogP contribution in [0.3, 0.4) is 0 Å². The topological polar surface area (TPSA) is 76.3 Å². The number of carbonyl (C=O) groups excluding carboxylic acids is 1. The smallest absolute Gasteiger partial charge is 0.315 e. The standard InChI is InChI=1S/C17H23N3O3/c1-10-6-7-14(16(21)20(10)5)9-18-17(22)19-12(3)15-8-11(2)23-13(15)4/h6-8,12H,9H2,1-5H3,(H2,18,19,22). The lowest BCUT2D eigenvalue weighted by Crippen LogP contribution is -2.38. The molecule has 124 valence electrons. The molecule has 0 spiro atoms. The van der Waals surface area contributed by atoms with Gasteiger partial charge >= 0.3 is 6.03 Å². The molecule has 23 heavy (non-hydrogen) atoms. The van der Waals surface area contributed by atoms with Crippen molar-refractivity contribution in [1.82, 2.24) is 15.2 Å². The summed E-state index contributed by atoms with van der Waals surface area (Å²) in [6, 6.07) is 5.02. The summed E-state index contributed by atoms with van der Waals surface area (Å²) in [5, 5.41) is 5.57. The fourth-order valence-corrected chi connectivity index (χ4v) is 2.50. The largest absolute Gasteiger partial charge is 0.466 e. The fraction of sp³-hybridized carbons (Fsp3) is 0.412. The molecule has 1 atom stereocenters. The molecule has 0 aromatic carbocycles. The van der Waals surface area contributed by atoms with Crippen LogP contribution in [0.5, 0.6) is 0 Å². The first-order valence-corrected chi connectivity index (χ1v) is 7.56. The van der Waals surface area contributed by atoms with Crippen molar-refractivity contribution in [3.8, 4) is 0 Å². The number of nitrogens with zero attached hydrogens (tertiary/aromatic N) is 1. The van der Waals surface area contributed by atoms with E-state index in [4.69, 9.17) is 4.42 Å². The van der Waals surface area contributed by atoms with E-state index in [1.54, 1.807) is 17.7 Å². The number of nitrogens with one attached hydrogen (secondary N) is 2. The normalized spacial score (nSPS) is 12.0. The maximum absolute atomic E-state index is 12.1. The number of rotatable bonds is 4. The van der Waals surface area contributed by atoms with E-state index < -0.39 is 0 Å². The summed E-state index contributed by atoms with van der Waals surface area (Å²) in [6.07, 6.45) is 0. The van der Waals surface area contributed by atoms with Crippen molar-refractivity contribution in [2.45, 2.75) is 40.3 Å². The van der Waals surface area contributed by atoms with Gasteiger partial charge in [-0.15, -0.1) is 0 Å². The van der Waals surface area contributed by atoms with Crippen LogP contribution in [-0.2, 0) is 13.6 Å². The third-order valence-corrected chi connectivity index (χ3v) is 3.97. The van der Waals surface area contributed by atoms with Crippen molar-refractivity contribution in [2.24, 2.45) is 7.05 Å². The van der Waals surface area contributed by atoms with Crippen LogP contribution >= 0.6 is 0 Å². The summed E-state index contributed by atoms with van der Waals surface area (Å²) in [7, 11) is 1.72. The lowest BCUT2D eigenvalue weighted by atomic mass is 10.1. The van der Waals surface area contributed by atoms with Gasteiger partial charge in [-0.1, -0.05) is 6.07 Å². The second-order valence-corrected chi connectivity index (χ2v) is 5.78. The monoisotopic (exact) mass is 317 g/mol. The predicted molar refractivity (Wildman–Crippen MR) is 88.4 cm³/mol. The summed E-state index contributed by atoms with van der Waals surface area (Å²) in [5.74, 6) is 1.61. The minimum absolute atomic E-state index is 0.0975. The molecule has 0 aliphatic rings. The van der Waals surface area contributed by atoms with E-state index in [2.05, 4.69) is 10.6 Å². The minimum Gasteiger partial charge on any atom is -0.466 e. The number of hydrogen-bond acceptors (Lipinski definition) is 3. The van der Waals surface area contributed by atoms with Gasteiger partial charge in [-0.2, -0.15) is 0 Å². The van der Waals surface area contributed by atoms with Gasteiger partial charge in [-0.05, 0) is 39.8 Å². The molecule has 2 heterocycles. The minimum atomic E-state index is -0.321. The Morgan fingerprint density at radius 2 is 2.00 bits per heavy atom. The highest BCUT2D eigenvalue weighted by Crippen LogP contribution is 2.20. The molecule has 6 nitrogen and oxygen atoms in total. The highest BCUT2D eigenvalue weighted by Gasteiger charge is 2.15. The molecular weight excluding hydrogens is 294 g/mol. The highest BCUT2D eigenvalue weighted by molar-refractivity contribution is 5.74. The third-order valence-electron chi connectivity index (χ3n) is 3.97. The molecule has 6 heteroatoms. The Bertz CT molecular complexity index is 774. The zero-order valence-corrected chi connectivity index (χ0v) is 14.2. The number of pyridine rings is 1. The molecule has 1 unspecified atom stereocenters. The molecular formula is C17H23N3O3. The molecule has 2 N–H and O–H groups in total. The van der Waals surface area contributed by atoms with Gasteiger partial charge < -0.3 is 19.6 Å². The summed E-state index contributed by atoms with van der Waals surface area (Å²) in [6.45, 7) is 7.68. The van der Waals surface area contributed by atoms with Gasteiger partial charge in [0.15, 0.2) is 0 Å². The van der Waals surface area contributed by atoms with E-state index in [1.807, 2.05) is 39.8 Å². The number of furan rings is 1. The van der Waals surface area contributed by atoms with E-state index in [1.165, 1.54) is 0 Å². The zero-order valence-electron chi connectivity index (χ0n) is 14.2. The number of aromatic nitrogens is 1. The van der Waals surface area contributed by atoms with E-state index in [0.717, 1.165) is 22.8 Å². The summed E-state index contributed by atoms with van der Waals surface area (Å²) >= 11 is 0. The maximum atomic E-state index is 12.1. The molecule has 2 rings (SSSR count). The van der Waals surface area contributed by atoms with E-state index in [9.17, 15) is 9.59 Å². The van der Waals surface area contributed by atoms with Gasteiger partial charge in [0.05, 0.1) is 6.04 Å². The first kappa shape index (κ1) is 16.9. The van der Waals surface area contributed by atoms with Crippen molar-refractivity contribution in [3.05, 3.63) is 56.9 Å². The average molecular weight is 317 g/mol. The summed E-state index contributed by atoms with van der Waals surface area (Å²) in [4.78, 5) is 24.1. The van der Waals surface area contributed by atoms with Crippen LogP contribution in [0.2, 0.25) is 0 Å². The summed E-state index contributed by atoms with van der Waals surface area (Å²) < 4.78 is 7.04. The molecule has 2 amide bonds. The van der Waals surface area contributed by atoms with E-state index in [0.29, 0.717) is 5.56 Å². The van der Waals surface area contributed by atoms with Crippen molar-refractivity contribution in [3.63, 3.8) is 0 Å². The first-order chi connectivity index (χ1) is 10.8. The number of carbonyl (C=O) groups is 1. The van der Waals surface area contributed by atoms with Crippen molar-refractivity contribution < 1.29 is 9.21 Å². The number of urea groups is 1. The fourth-order valence-electron chi connectivity index (χ4n) is 2.50. The van der Waals surface area contributed by atoms with E-state index >= 15 is 0 Å². The molecule has 2 aromatic heterocycles. The molecule has 0 aliphatic carbocycles. The van der Waals surface area contributed by atoms with Crippen LogP contribution in [0.25, 0.3) is 0 Å². The number of amides is 2. The average Bonchev–Trinajstić information content (AvgIpc) is 2.83. The Hall–Kier alpha value is -2.50. The Kier molecular flexibility index (Phi) is 4.93. The molecule has 0 fully saturated rings. The maximum Gasteiger partial charge on any atom is 0.315 e. The van der Waals surface area contributed by atoms with E-state index in [-0.39, 0.29) is 24.2 Å². The summed E-state index contributed by atoms with van der Waals surface area (Å²) in [5.41, 5.74) is 2.28. The van der Waals surface area contributed by atoms with Gasteiger partial charge in [0.25, 0.3) is 5.56 Å². The van der Waals surface area contributed by atoms with Crippen LogP contribution in [-0.4, -0.2) is 10.6 Å². The molecule has 0 saturated heterocycles. The van der Waals surface area contributed by atoms with Crippen molar-refractivity contribution in [1.29, 1.82) is 0 Å². The second-order valence-electron chi connectivity index (χ2n) is 5.78. The van der Waals surface area contributed by atoms with Crippen LogP contribution in [0.15, 0.2) is 27.4 Å². The Morgan fingerprint density at radius 3 is 2.61 bits per heavy atom. The van der Waals surface area contributed by atoms with Crippen LogP contribution in [0.1, 0.15) is 41.3 Å². The van der Waals surface area contributed by atoms with Crippen LogP contribution in [0, 0.1) is 20.8 Å². The Morgan fingerprint density at radius 1 is 1.30 bits per heavy atom. The van der Waals surface area contributed by atoms with Gasteiger partial charge in [-0.25, -0.2) is 4.79 Å². The van der Waals surface area contributed by atoms with Crippen molar-refractivity contribution in [2.75, 3.05) is 0 Å². The van der Waals surface area contributed by atoms with Crippen LogP contribution in [0.4, 0.5) is 4.79 Å². The van der Waals surface area contributed by atoms with Gasteiger partial charge in [-0.3, -0.25) is 4.79 Å². The highest BCUT2D eigenvalue weighted by atomic mass is 16.3. The van der Waals surface area contributed by atoms with Crippen LogP contribution < -0.4 is 16.2 Å². The van der Waals surface area contributed by atoms with Gasteiger partial charge in [0, 0.05) is 30.4 Å². The third kappa shape index (κ3) is 3.83. The van der Waals surface area contributed by atoms with Gasteiger partial charge in [0.2, 0.25) is 0 Å².